The molecule has 0 fully saturated rings. The molecule has 0 aliphatic rings. The fourth-order valence-electron chi connectivity index (χ4n) is 2.46. The molecule has 1 unspecified atom stereocenters. The standard InChI is InChI=1S/C16H19F3N2/c1-2-21(11-13(10-20)16(17,18)19)15-9-5-7-12-6-3-4-8-14(12)15/h3-9,13H,2,10-11,20H2,1H3. The van der Waals surface area contributed by atoms with E-state index in [1.165, 1.54) is 0 Å². The van der Waals surface area contributed by atoms with E-state index in [4.69, 9.17) is 5.73 Å². The van der Waals surface area contributed by atoms with Crippen LogP contribution in [0.3, 0.4) is 0 Å². The molecule has 21 heavy (non-hydrogen) atoms. The van der Waals surface area contributed by atoms with Crippen LogP contribution in [-0.4, -0.2) is 25.8 Å². The Kier molecular flexibility index (Phi) is 4.73. The Hall–Kier alpha value is -1.75. The average Bonchev–Trinajstić information content (AvgIpc) is 2.47. The van der Waals surface area contributed by atoms with Gasteiger partial charge in [-0.15, -0.1) is 0 Å². The topological polar surface area (TPSA) is 29.3 Å². The minimum atomic E-state index is -4.27. The molecule has 1 atom stereocenters. The number of hydrogen-bond acceptors (Lipinski definition) is 2. The van der Waals surface area contributed by atoms with Gasteiger partial charge in [0, 0.05) is 30.7 Å². The summed E-state index contributed by atoms with van der Waals surface area (Å²) in [5.74, 6) is -1.52. The molecule has 114 valence electrons. The summed E-state index contributed by atoms with van der Waals surface area (Å²) in [6.07, 6.45) is -4.27. The number of halogens is 3. The molecule has 2 rings (SSSR count). The minimum absolute atomic E-state index is 0.121. The van der Waals surface area contributed by atoms with E-state index in [-0.39, 0.29) is 6.54 Å². The SMILES string of the molecule is CCN(CC(CN)C(F)(F)F)c1cccc2ccccc12. The first-order valence-electron chi connectivity index (χ1n) is 6.96. The summed E-state index contributed by atoms with van der Waals surface area (Å²) >= 11 is 0. The lowest BCUT2D eigenvalue weighted by Gasteiger charge is -2.30. The van der Waals surface area contributed by atoms with Gasteiger partial charge in [0.1, 0.15) is 0 Å². The zero-order valence-corrected chi connectivity index (χ0v) is 11.9. The molecule has 2 nitrogen and oxygen atoms in total. The maximum Gasteiger partial charge on any atom is 0.394 e. The van der Waals surface area contributed by atoms with E-state index in [1.807, 2.05) is 49.4 Å². The molecule has 0 aliphatic heterocycles. The van der Waals surface area contributed by atoms with Crippen LogP contribution in [0.2, 0.25) is 0 Å². The van der Waals surface area contributed by atoms with Gasteiger partial charge in [0.05, 0.1) is 5.92 Å². The van der Waals surface area contributed by atoms with Crippen LogP contribution in [0.4, 0.5) is 18.9 Å². The molecule has 0 spiro atoms. The number of hydrogen-bond donors (Lipinski definition) is 1. The molecule has 0 saturated carbocycles. The molecular formula is C16H19F3N2. The summed E-state index contributed by atoms with van der Waals surface area (Å²) in [5, 5.41) is 1.98. The van der Waals surface area contributed by atoms with Crippen LogP contribution in [0, 0.1) is 5.92 Å². The second-order valence-electron chi connectivity index (χ2n) is 5.01. The zero-order chi connectivity index (χ0) is 15.5. The van der Waals surface area contributed by atoms with Gasteiger partial charge >= 0.3 is 6.18 Å². The summed E-state index contributed by atoms with van der Waals surface area (Å²) in [6.45, 7) is 1.83. The van der Waals surface area contributed by atoms with E-state index in [1.54, 1.807) is 4.90 Å². The van der Waals surface area contributed by atoms with Gasteiger partial charge in [-0.05, 0) is 18.4 Å². The normalized spacial score (nSPS) is 13.4. The van der Waals surface area contributed by atoms with Crippen LogP contribution in [-0.2, 0) is 0 Å². The Balaban J connectivity index is 2.36. The number of rotatable bonds is 5. The van der Waals surface area contributed by atoms with Gasteiger partial charge in [0.25, 0.3) is 0 Å². The lowest BCUT2D eigenvalue weighted by Crippen LogP contribution is -2.41. The third-order valence-electron chi connectivity index (χ3n) is 3.68. The van der Waals surface area contributed by atoms with E-state index in [9.17, 15) is 13.2 Å². The molecule has 0 aromatic heterocycles. The smallest absolute Gasteiger partial charge is 0.371 e. The van der Waals surface area contributed by atoms with Gasteiger partial charge < -0.3 is 10.6 Å². The quantitative estimate of drug-likeness (QED) is 0.909. The molecule has 0 heterocycles. The maximum absolute atomic E-state index is 12.9. The van der Waals surface area contributed by atoms with Crippen molar-refractivity contribution in [1.29, 1.82) is 0 Å². The van der Waals surface area contributed by atoms with Crippen molar-refractivity contribution >= 4 is 16.5 Å². The van der Waals surface area contributed by atoms with E-state index >= 15 is 0 Å². The van der Waals surface area contributed by atoms with Crippen LogP contribution in [0.1, 0.15) is 6.92 Å². The van der Waals surface area contributed by atoms with Gasteiger partial charge in [-0.1, -0.05) is 36.4 Å². The first-order valence-corrected chi connectivity index (χ1v) is 6.96. The number of nitrogens with two attached hydrogens (primary N) is 1. The molecule has 2 N–H and O–H groups in total. The lowest BCUT2D eigenvalue weighted by atomic mass is 10.1. The zero-order valence-electron chi connectivity index (χ0n) is 11.9. The minimum Gasteiger partial charge on any atom is -0.371 e. The first-order chi connectivity index (χ1) is 9.97. The molecule has 2 aromatic carbocycles. The van der Waals surface area contributed by atoms with Crippen molar-refractivity contribution in [3.63, 3.8) is 0 Å². The number of alkyl halides is 3. The predicted octanol–water partition coefficient (Wildman–Crippen LogP) is 3.80. The first kappa shape index (κ1) is 15.6. The Morgan fingerprint density at radius 2 is 1.76 bits per heavy atom. The number of nitrogens with zero attached hydrogens (tertiary/aromatic N) is 1. The molecule has 0 bridgehead atoms. The predicted molar refractivity (Wildman–Crippen MR) is 80.4 cm³/mol. The lowest BCUT2D eigenvalue weighted by molar-refractivity contribution is -0.168. The number of anilines is 1. The fourth-order valence-corrected chi connectivity index (χ4v) is 2.46. The largest absolute Gasteiger partial charge is 0.394 e. The van der Waals surface area contributed by atoms with Crippen molar-refractivity contribution in [2.24, 2.45) is 11.7 Å². The summed E-state index contributed by atoms with van der Waals surface area (Å²) in [6, 6.07) is 13.4. The Bertz CT molecular complexity index is 590. The van der Waals surface area contributed by atoms with Crippen LogP contribution < -0.4 is 10.6 Å². The monoisotopic (exact) mass is 296 g/mol. The third-order valence-corrected chi connectivity index (χ3v) is 3.68. The molecule has 0 amide bonds. The van der Waals surface area contributed by atoms with Gasteiger partial charge in [-0.3, -0.25) is 0 Å². The Morgan fingerprint density at radius 1 is 1.10 bits per heavy atom. The Labute approximate surface area is 122 Å². The van der Waals surface area contributed by atoms with E-state index in [0.29, 0.717) is 6.54 Å². The second kappa shape index (κ2) is 6.35. The van der Waals surface area contributed by atoms with Gasteiger partial charge in [0.2, 0.25) is 0 Å². The van der Waals surface area contributed by atoms with Crippen LogP contribution in [0.25, 0.3) is 10.8 Å². The highest BCUT2D eigenvalue weighted by Gasteiger charge is 2.39. The van der Waals surface area contributed by atoms with Crippen molar-refractivity contribution in [1.82, 2.24) is 0 Å². The van der Waals surface area contributed by atoms with Crippen molar-refractivity contribution in [3.05, 3.63) is 42.5 Å². The van der Waals surface area contributed by atoms with E-state index in [0.717, 1.165) is 16.5 Å². The fraction of sp³-hybridized carbons (Fsp3) is 0.375. The van der Waals surface area contributed by atoms with Gasteiger partial charge in [-0.25, -0.2) is 0 Å². The van der Waals surface area contributed by atoms with Gasteiger partial charge in [-0.2, -0.15) is 13.2 Å². The van der Waals surface area contributed by atoms with Gasteiger partial charge in [0.15, 0.2) is 0 Å². The highest BCUT2D eigenvalue weighted by molar-refractivity contribution is 5.94. The molecule has 0 radical (unpaired) electrons. The summed E-state index contributed by atoms with van der Waals surface area (Å²) in [7, 11) is 0. The van der Waals surface area contributed by atoms with Crippen LogP contribution >= 0.6 is 0 Å². The Morgan fingerprint density at radius 3 is 2.38 bits per heavy atom. The van der Waals surface area contributed by atoms with Crippen molar-refractivity contribution in [2.75, 3.05) is 24.5 Å². The molecular weight excluding hydrogens is 277 g/mol. The maximum atomic E-state index is 12.9. The highest BCUT2D eigenvalue weighted by atomic mass is 19.4. The number of fused-ring (bicyclic) bond motifs is 1. The van der Waals surface area contributed by atoms with E-state index in [2.05, 4.69) is 0 Å². The third kappa shape index (κ3) is 3.47. The molecule has 0 saturated heterocycles. The number of benzene rings is 2. The van der Waals surface area contributed by atoms with Crippen LogP contribution in [0.15, 0.2) is 42.5 Å². The average molecular weight is 296 g/mol. The molecule has 2 aromatic rings. The highest BCUT2D eigenvalue weighted by Crippen LogP contribution is 2.31. The van der Waals surface area contributed by atoms with E-state index < -0.39 is 18.6 Å². The summed E-state index contributed by atoms with van der Waals surface area (Å²) in [4.78, 5) is 1.74. The second-order valence-corrected chi connectivity index (χ2v) is 5.01. The molecule has 5 heteroatoms. The van der Waals surface area contributed by atoms with Crippen molar-refractivity contribution in [2.45, 2.75) is 13.1 Å². The van der Waals surface area contributed by atoms with Crippen molar-refractivity contribution < 1.29 is 13.2 Å². The summed E-state index contributed by atoms with van der Waals surface area (Å²) in [5.41, 5.74) is 6.12. The molecule has 0 aliphatic carbocycles. The van der Waals surface area contributed by atoms with Crippen molar-refractivity contribution in [3.8, 4) is 0 Å². The van der Waals surface area contributed by atoms with Crippen LogP contribution in [0.5, 0.6) is 0 Å². The summed E-state index contributed by atoms with van der Waals surface area (Å²) < 4.78 is 38.8.